The second kappa shape index (κ2) is 9.17. The number of aryl methyl sites for hydroxylation is 2. The van der Waals surface area contributed by atoms with Gasteiger partial charge in [-0.15, -0.1) is 0 Å². The zero-order chi connectivity index (χ0) is 14.0. The normalized spacial score (nSPS) is 11.0. The molecule has 18 heavy (non-hydrogen) atoms. The molecule has 0 saturated heterocycles. The van der Waals surface area contributed by atoms with Crippen LogP contribution in [0, 0.1) is 0 Å². The molecular formula is C15H31N2O+. The van der Waals surface area contributed by atoms with E-state index in [0.717, 1.165) is 4.48 Å². The third-order valence-electron chi connectivity index (χ3n) is 2.62. The molecule has 0 atom stereocenters. The Kier molecular flexibility index (Phi) is 8.77. The van der Waals surface area contributed by atoms with E-state index in [4.69, 9.17) is 0 Å². The maximum absolute atomic E-state index is 4.25. The number of ether oxygens (including phenoxy) is 1. The minimum Gasteiger partial charge on any atom is -0.388 e. The van der Waals surface area contributed by atoms with Gasteiger partial charge in [0, 0.05) is 32.5 Å². The molecule has 0 spiro atoms. The summed E-state index contributed by atoms with van der Waals surface area (Å²) in [6, 6.07) is 2.32. The number of H-pyrrole nitrogens is 1. The summed E-state index contributed by atoms with van der Waals surface area (Å²) in [7, 11) is 9.99. The van der Waals surface area contributed by atoms with E-state index >= 15 is 0 Å². The Labute approximate surface area is 113 Å². The topological polar surface area (TPSA) is 25.0 Å². The Morgan fingerprint density at radius 3 is 2.28 bits per heavy atom. The molecule has 1 N–H and O–H groups in total. The van der Waals surface area contributed by atoms with Gasteiger partial charge in [0.1, 0.15) is 0 Å². The molecule has 0 aromatic carbocycles. The lowest BCUT2D eigenvalue weighted by molar-refractivity contribution is -0.870. The highest BCUT2D eigenvalue weighted by molar-refractivity contribution is 5.16. The van der Waals surface area contributed by atoms with Crippen molar-refractivity contribution in [2.75, 3.05) is 41.9 Å². The number of aromatic amines is 1. The highest BCUT2D eigenvalue weighted by Gasteiger charge is 2.06. The molecule has 1 heterocycles. The Balaban J connectivity index is 0.000000873. The summed E-state index contributed by atoms with van der Waals surface area (Å²) in [5.41, 5.74) is 2.85. The first-order chi connectivity index (χ1) is 8.42. The quantitative estimate of drug-likeness (QED) is 0.777. The summed E-state index contributed by atoms with van der Waals surface area (Å²) in [5, 5.41) is 0. The van der Waals surface area contributed by atoms with Crippen LogP contribution in [0.4, 0.5) is 0 Å². The van der Waals surface area contributed by atoms with E-state index in [0.29, 0.717) is 0 Å². The molecule has 1 aromatic heterocycles. The van der Waals surface area contributed by atoms with Gasteiger partial charge in [-0.2, -0.15) is 0 Å². The van der Waals surface area contributed by atoms with Gasteiger partial charge in [0.25, 0.3) is 0 Å². The minimum absolute atomic E-state index is 1.06. The van der Waals surface area contributed by atoms with E-state index in [9.17, 15) is 0 Å². The van der Waals surface area contributed by atoms with Crippen molar-refractivity contribution in [1.29, 1.82) is 0 Å². The van der Waals surface area contributed by atoms with Gasteiger partial charge in [-0.3, -0.25) is 0 Å². The maximum atomic E-state index is 4.25. The molecule has 3 heteroatoms. The highest BCUT2D eigenvalue weighted by Crippen LogP contribution is 2.08. The van der Waals surface area contributed by atoms with Crippen LogP contribution in [0.5, 0.6) is 0 Å². The SMILES string of the molecule is CCCc1c[nH]c(CCC[N+](C)(C)C)c1.COC. The molecule has 0 aliphatic carbocycles. The van der Waals surface area contributed by atoms with Crippen molar-refractivity contribution in [1.82, 2.24) is 4.98 Å². The average molecular weight is 255 g/mol. The summed E-state index contributed by atoms with van der Waals surface area (Å²) in [6.45, 7) is 3.46. The molecule has 0 unspecified atom stereocenters. The number of rotatable bonds is 6. The predicted molar refractivity (Wildman–Crippen MR) is 78.9 cm³/mol. The highest BCUT2D eigenvalue weighted by atomic mass is 16.4. The molecule has 0 radical (unpaired) electrons. The number of quaternary nitrogens is 1. The van der Waals surface area contributed by atoms with Crippen LogP contribution in [0.25, 0.3) is 0 Å². The second-order valence-electron chi connectivity index (χ2n) is 5.81. The second-order valence-corrected chi connectivity index (χ2v) is 5.81. The van der Waals surface area contributed by atoms with Crippen LogP contribution in [-0.4, -0.2) is 51.4 Å². The van der Waals surface area contributed by atoms with Crippen LogP contribution in [0.1, 0.15) is 31.0 Å². The summed E-state index contributed by atoms with van der Waals surface area (Å²) in [5.74, 6) is 0. The van der Waals surface area contributed by atoms with Gasteiger partial charge in [0.05, 0.1) is 27.7 Å². The summed E-state index contributed by atoms with van der Waals surface area (Å²) in [4.78, 5) is 3.37. The van der Waals surface area contributed by atoms with Gasteiger partial charge >= 0.3 is 0 Å². The standard InChI is InChI=1S/C13H25N2.C2H6O/c1-5-7-12-10-13(14-11-12)8-6-9-15(2,3)4;1-3-2/h10-11,14H,5-9H2,1-4H3;1-2H3/q+1;. The lowest BCUT2D eigenvalue weighted by atomic mass is 10.1. The van der Waals surface area contributed by atoms with Crippen molar-refractivity contribution in [3.05, 3.63) is 23.5 Å². The molecular weight excluding hydrogens is 224 g/mol. The van der Waals surface area contributed by atoms with Crippen molar-refractivity contribution in [3.8, 4) is 0 Å². The summed E-state index contributed by atoms with van der Waals surface area (Å²) >= 11 is 0. The van der Waals surface area contributed by atoms with Crippen LogP contribution in [-0.2, 0) is 17.6 Å². The van der Waals surface area contributed by atoms with Crippen molar-refractivity contribution < 1.29 is 9.22 Å². The van der Waals surface area contributed by atoms with E-state index in [1.807, 2.05) is 0 Å². The van der Waals surface area contributed by atoms with Gasteiger partial charge in [0.15, 0.2) is 0 Å². The Morgan fingerprint density at radius 1 is 1.17 bits per heavy atom. The molecule has 0 amide bonds. The average Bonchev–Trinajstić information content (AvgIpc) is 2.66. The van der Waals surface area contributed by atoms with Gasteiger partial charge < -0.3 is 14.2 Å². The number of nitrogens with zero attached hydrogens (tertiary/aromatic N) is 1. The minimum atomic E-state index is 1.06. The third kappa shape index (κ3) is 9.25. The van der Waals surface area contributed by atoms with Crippen LogP contribution in [0.15, 0.2) is 12.3 Å². The zero-order valence-corrected chi connectivity index (χ0v) is 13.0. The zero-order valence-electron chi connectivity index (χ0n) is 13.0. The number of aromatic nitrogens is 1. The number of methoxy groups -OCH3 is 1. The van der Waals surface area contributed by atoms with Crippen molar-refractivity contribution >= 4 is 0 Å². The van der Waals surface area contributed by atoms with E-state index in [2.05, 4.69) is 50.1 Å². The fourth-order valence-corrected chi connectivity index (χ4v) is 1.81. The number of nitrogens with one attached hydrogen (secondary N) is 1. The van der Waals surface area contributed by atoms with E-state index < -0.39 is 0 Å². The summed E-state index contributed by atoms with van der Waals surface area (Å²) in [6.07, 6.45) is 7.03. The Morgan fingerprint density at radius 2 is 1.78 bits per heavy atom. The first-order valence-corrected chi connectivity index (χ1v) is 6.79. The van der Waals surface area contributed by atoms with Crippen molar-refractivity contribution in [2.45, 2.75) is 32.6 Å². The Bertz CT molecular complexity index is 300. The van der Waals surface area contributed by atoms with Crippen LogP contribution < -0.4 is 0 Å². The number of hydrogen-bond acceptors (Lipinski definition) is 1. The van der Waals surface area contributed by atoms with Gasteiger partial charge in [-0.05, 0) is 24.5 Å². The molecule has 106 valence electrons. The lowest BCUT2D eigenvalue weighted by Gasteiger charge is -2.23. The Hall–Kier alpha value is -0.800. The first-order valence-electron chi connectivity index (χ1n) is 6.79. The third-order valence-corrected chi connectivity index (χ3v) is 2.62. The largest absolute Gasteiger partial charge is 0.388 e. The van der Waals surface area contributed by atoms with E-state index in [-0.39, 0.29) is 0 Å². The molecule has 0 aliphatic rings. The van der Waals surface area contributed by atoms with Crippen molar-refractivity contribution in [3.63, 3.8) is 0 Å². The lowest BCUT2D eigenvalue weighted by Crippen LogP contribution is -2.35. The van der Waals surface area contributed by atoms with Crippen LogP contribution >= 0.6 is 0 Å². The first kappa shape index (κ1) is 17.2. The van der Waals surface area contributed by atoms with Crippen LogP contribution in [0.3, 0.4) is 0 Å². The van der Waals surface area contributed by atoms with E-state index in [1.165, 1.54) is 43.5 Å². The molecule has 1 rings (SSSR count). The molecule has 0 saturated carbocycles. The molecule has 3 nitrogen and oxygen atoms in total. The number of hydrogen-bond donors (Lipinski definition) is 1. The smallest absolute Gasteiger partial charge is 0.0784 e. The van der Waals surface area contributed by atoms with Gasteiger partial charge in [-0.25, -0.2) is 0 Å². The maximum Gasteiger partial charge on any atom is 0.0784 e. The monoisotopic (exact) mass is 255 g/mol. The molecule has 1 aromatic rings. The van der Waals surface area contributed by atoms with Gasteiger partial charge in [0.2, 0.25) is 0 Å². The summed E-state index contributed by atoms with van der Waals surface area (Å²) < 4.78 is 5.31. The fourth-order valence-electron chi connectivity index (χ4n) is 1.81. The molecule has 0 bridgehead atoms. The van der Waals surface area contributed by atoms with Crippen LogP contribution in [0.2, 0.25) is 0 Å². The van der Waals surface area contributed by atoms with Gasteiger partial charge in [-0.1, -0.05) is 13.3 Å². The fraction of sp³-hybridized carbons (Fsp3) is 0.733. The van der Waals surface area contributed by atoms with Crippen molar-refractivity contribution in [2.24, 2.45) is 0 Å². The molecule has 0 aliphatic heterocycles. The van der Waals surface area contributed by atoms with E-state index in [1.54, 1.807) is 14.2 Å². The predicted octanol–water partition coefficient (Wildman–Crippen LogP) is 2.87. The molecule has 0 fully saturated rings.